The zero-order valence-electron chi connectivity index (χ0n) is 11.6. The van der Waals surface area contributed by atoms with Crippen LogP contribution in [0.3, 0.4) is 0 Å². The molecule has 0 saturated heterocycles. The first-order valence-electron chi connectivity index (χ1n) is 6.19. The zero-order chi connectivity index (χ0) is 14.7. The Kier molecular flexibility index (Phi) is 5.27. The van der Waals surface area contributed by atoms with Gasteiger partial charge in [-0.15, -0.1) is 11.3 Å². The predicted molar refractivity (Wildman–Crippen MR) is 85.1 cm³/mol. The number of aromatic nitrogens is 1. The maximum absolute atomic E-state index is 6.22. The molecule has 0 spiro atoms. The zero-order valence-corrected chi connectivity index (χ0v) is 13.9. The Morgan fingerprint density at radius 3 is 2.65 bits per heavy atom. The molecule has 1 aromatic heterocycles. The summed E-state index contributed by atoms with van der Waals surface area (Å²) in [6.45, 7) is 5.11. The summed E-state index contributed by atoms with van der Waals surface area (Å²) < 4.78 is 5.85. The molecule has 2 aromatic rings. The van der Waals surface area contributed by atoms with Crippen LogP contribution in [0.1, 0.15) is 21.1 Å². The molecule has 0 aliphatic rings. The third-order valence-electron chi connectivity index (χ3n) is 2.87. The van der Waals surface area contributed by atoms with Crippen molar-refractivity contribution in [3.05, 3.63) is 43.3 Å². The molecule has 1 N–H and O–H groups in total. The molecule has 108 valence electrons. The minimum Gasteiger partial charge on any atom is -0.485 e. The van der Waals surface area contributed by atoms with E-state index in [1.165, 1.54) is 4.88 Å². The fourth-order valence-electron chi connectivity index (χ4n) is 1.83. The molecule has 3 nitrogen and oxygen atoms in total. The van der Waals surface area contributed by atoms with E-state index in [2.05, 4.69) is 17.2 Å². The Hall–Kier alpha value is -0.810. The molecular weight excluding hydrogens is 315 g/mol. The number of benzene rings is 1. The van der Waals surface area contributed by atoms with Crippen LogP contribution in [0.25, 0.3) is 0 Å². The molecule has 0 saturated carbocycles. The second-order valence-electron chi connectivity index (χ2n) is 4.44. The number of thiazole rings is 1. The van der Waals surface area contributed by atoms with E-state index in [9.17, 15) is 0 Å². The van der Waals surface area contributed by atoms with E-state index in [1.54, 1.807) is 17.4 Å². The van der Waals surface area contributed by atoms with Crippen LogP contribution >= 0.6 is 34.5 Å². The van der Waals surface area contributed by atoms with Gasteiger partial charge < -0.3 is 10.1 Å². The average molecular weight is 331 g/mol. The van der Waals surface area contributed by atoms with Gasteiger partial charge in [0, 0.05) is 22.0 Å². The van der Waals surface area contributed by atoms with Crippen molar-refractivity contribution >= 4 is 34.5 Å². The van der Waals surface area contributed by atoms with Gasteiger partial charge in [-0.25, -0.2) is 4.98 Å². The number of nitrogens with one attached hydrogen (secondary N) is 1. The predicted octanol–water partition coefficient (Wildman–Crippen LogP) is 4.37. The Balaban J connectivity index is 2.19. The summed E-state index contributed by atoms with van der Waals surface area (Å²) in [5.41, 5.74) is 1.99. The molecule has 0 atom stereocenters. The van der Waals surface area contributed by atoms with Crippen molar-refractivity contribution in [3.8, 4) is 5.75 Å². The largest absolute Gasteiger partial charge is 0.485 e. The molecule has 0 aliphatic heterocycles. The van der Waals surface area contributed by atoms with E-state index in [0.717, 1.165) is 16.3 Å². The van der Waals surface area contributed by atoms with Gasteiger partial charge in [0.15, 0.2) is 0 Å². The lowest BCUT2D eigenvalue weighted by molar-refractivity contribution is 0.302. The Labute approximate surface area is 132 Å². The fourth-order valence-corrected chi connectivity index (χ4v) is 3.27. The van der Waals surface area contributed by atoms with Crippen molar-refractivity contribution < 1.29 is 4.74 Å². The summed E-state index contributed by atoms with van der Waals surface area (Å²) >= 11 is 13.9. The lowest BCUT2D eigenvalue weighted by Gasteiger charge is -2.12. The number of rotatable bonds is 5. The van der Waals surface area contributed by atoms with Crippen LogP contribution in [0.2, 0.25) is 10.0 Å². The number of ether oxygens (including phenoxy) is 1. The van der Waals surface area contributed by atoms with E-state index >= 15 is 0 Å². The molecule has 1 aromatic carbocycles. The van der Waals surface area contributed by atoms with Crippen LogP contribution in [0, 0.1) is 13.8 Å². The standard InChI is InChI=1S/C14H16Cl2N2OS/c1-8-9(2)20-13(18-8)7-19-14-10(6-17-3)4-11(15)5-12(14)16/h4-5,17H,6-7H2,1-3H3. The van der Waals surface area contributed by atoms with Crippen LogP contribution in [-0.2, 0) is 13.2 Å². The third kappa shape index (κ3) is 3.64. The Morgan fingerprint density at radius 1 is 1.30 bits per heavy atom. The fraction of sp³-hybridized carbons (Fsp3) is 0.357. The van der Waals surface area contributed by atoms with Gasteiger partial charge in [-0.1, -0.05) is 23.2 Å². The van der Waals surface area contributed by atoms with Gasteiger partial charge in [0.2, 0.25) is 0 Å². The SMILES string of the molecule is CNCc1cc(Cl)cc(Cl)c1OCc1nc(C)c(C)s1. The van der Waals surface area contributed by atoms with Crippen molar-refractivity contribution in [2.24, 2.45) is 0 Å². The van der Waals surface area contributed by atoms with Crippen molar-refractivity contribution in [2.45, 2.75) is 27.0 Å². The highest BCUT2D eigenvalue weighted by Crippen LogP contribution is 2.33. The summed E-state index contributed by atoms with van der Waals surface area (Å²) in [6, 6.07) is 3.55. The molecule has 1 heterocycles. The molecule has 2 rings (SSSR count). The maximum Gasteiger partial charge on any atom is 0.143 e. The number of hydrogen-bond donors (Lipinski definition) is 1. The summed E-state index contributed by atoms with van der Waals surface area (Å²) in [5.74, 6) is 0.663. The van der Waals surface area contributed by atoms with Crippen molar-refractivity contribution in [1.29, 1.82) is 0 Å². The van der Waals surface area contributed by atoms with Gasteiger partial charge in [0.1, 0.15) is 17.4 Å². The second-order valence-corrected chi connectivity index (χ2v) is 6.58. The normalized spacial score (nSPS) is 10.8. The summed E-state index contributed by atoms with van der Waals surface area (Å²) in [4.78, 5) is 5.67. The molecule has 0 unspecified atom stereocenters. The highest BCUT2D eigenvalue weighted by Gasteiger charge is 2.12. The molecular formula is C14H16Cl2N2OS. The number of nitrogens with zero attached hydrogens (tertiary/aromatic N) is 1. The molecule has 20 heavy (non-hydrogen) atoms. The van der Waals surface area contributed by atoms with E-state index in [-0.39, 0.29) is 0 Å². The van der Waals surface area contributed by atoms with Crippen molar-refractivity contribution in [1.82, 2.24) is 10.3 Å². The van der Waals surface area contributed by atoms with Crippen LogP contribution < -0.4 is 10.1 Å². The van der Waals surface area contributed by atoms with Gasteiger partial charge in [-0.3, -0.25) is 0 Å². The first-order chi connectivity index (χ1) is 9.51. The van der Waals surface area contributed by atoms with Gasteiger partial charge in [0.25, 0.3) is 0 Å². The lowest BCUT2D eigenvalue weighted by atomic mass is 10.2. The summed E-state index contributed by atoms with van der Waals surface area (Å²) in [7, 11) is 1.87. The summed E-state index contributed by atoms with van der Waals surface area (Å²) in [5, 5.41) is 5.15. The van der Waals surface area contributed by atoms with Crippen LogP contribution in [-0.4, -0.2) is 12.0 Å². The first kappa shape index (κ1) is 15.6. The van der Waals surface area contributed by atoms with Crippen molar-refractivity contribution in [2.75, 3.05) is 7.05 Å². The van der Waals surface area contributed by atoms with Gasteiger partial charge in [0.05, 0.1) is 10.7 Å². The van der Waals surface area contributed by atoms with Gasteiger partial charge in [-0.2, -0.15) is 0 Å². The Bertz CT molecular complexity index is 594. The second kappa shape index (κ2) is 6.76. The lowest BCUT2D eigenvalue weighted by Crippen LogP contribution is -2.08. The highest BCUT2D eigenvalue weighted by atomic mass is 35.5. The van der Waals surface area contributed by atoms with E-state index < -0.39 is 0 Å². The third-order valence-corrected chi connectivity index (χ3v) is 4.41. The topological polar surface area (TPSA) is 34.1 Å². The Morgan fingerprint density at radius 2 is 2.05 bits per heavy atom. The molecule has 0 amide bonds. The number of aryl methyl sites for hydroxylation is 2. The van der Waals surface area contributed by atoms with E-state index in [1.807, 2.05) is 20.0 Å². The molecule has 0 bridgehead atoms. The van der Waals surface area contributed by atoms with Crippen LogP contribution in [0.15, 0.2) is 12.1 Å². The van der Waals surface area contributed by atoms with E-state index in [0.29, 0.717) is 28.9 Å². The number of hydrogen-bond acceptors (Lipinski definition) is 4. The monoisotopic (exact) mass is 330 g/mol. The minimum absolute atomic E-state index is 0.414. The molecule has 0 radical (unpaired) electrons. The quantitative estimate of drug-likeness (QED) is 0.884. The van der Waals surface area contributed by atoms with Gasteiger partial charge in [-0.05, 0) is 33.0 Å². The number of halogens is 2. The highest BCUT2D eigenvalue weighted by molar-refractivity contribution is 7.11. The van der Waals surface area contributed by atoms with Crippen LogP contribution in [0.4, 0.5) is 0 Å². The minimum atomic E-state index is 0.414. The molecule has 0 aliphatic carbocycles. The van der Waals surface area contributed by atoms with Gasteiger partial charge >= 0.3 is 0 Å². The van der Waals surface area contributed by atoms with Crippen molar-refractivity contribution in [3.63, 3.8) is 0 Å². The summed E-state index contributed by atoms with van der Waals surface area (Å²) in [6.07, 6.45) is 0. The first-order valence-corrected chi connectivity index (χ1v) is 7.76. The molecule has 0 fully saturated rings. The molecule has 6 heteroatoms. The van der Waals surface area contributed by atoms with Crippen LogP contribution in [0.5, 0.6) is 5.75 Å². The maximum atomic E-state index is 6.22. The van der Waals surface area contributed by atoms with E-state index in [4.69, 9.17) is 27.9 Å². The average Bonchev–Trinajstić information content (AvgIpc) is 2.68. The smallest absolute Gasteiger partial charge is 0.143 e.